The van der Waals surface area contributed by atoms with Crippen LogP contribution in [0.15, 0.2) is 40.5 Å². The van der Waals surface area contributed by atoms with Crippen LogP contribution in [0, 0.1) is 0 Å². The molecule has 1 aromatic rings. The molecule has 78 valence electrons. The maximum Gasteiger partial charge on any atom is 0.160 e. The predicted octanol–water partition coefficient (Wildman–Crippen LogP) is 3.50. The van der Waals surface area contributed by atoms with Crippen LogP contribution in [-0.4, -0.2) is 5.78 Å². The predicted molar refractivity (Wildman–Crippen MR) is 64.7 cm³/mol. The maximum absolute atomic E-state index is 11.3. The van der Waals surface area contributed by atoms with Gasteiger partial charge in [-0.05, 0) is 37.1 Å². The molecule has 0 radical (unpaired) electrons. The highest BCUT2D eigenvalue weighted by Crippen LogP contribution is 2.21. The Hall–Kier alpha value is -1.09. The highest BCUT2D eigenvalue weighted by atomic mass is 79.9. The summed E-state index contributed by atoms with van der Waals surface area (Å²) >= 11 is 3.38. The number of allylic oxidation sites excluding steroid dienone is 1. The number of carbonyl (C=O) groups excluding carboxylic acids is 1. The number of rotatable bonds is 2. The number of Topliss-reactive ketones (excluding diaryl/α,β-unsaturated/α-hetero) is 1. The van der Waals surface area contributed by atoms with Gasteiger partial charge in [0.15, 0.2) is 5.78 Å². The van der Waals surface area contributed by atoms with Crippen molar-refractivity contribution in [3.63, 3.8) is 0 Å². The zero-order chi connectivity index (χ0) is 10.7. The van der Waals surface area contributed by atoms with Crippen molar-refractivity contribution in [3.05, 3.63) is 40.5 Å². The molecule has 0 heterocycles. The van der Waals surface area contributed by atoms with Crippen LogP contribution in [-0.2, 0) is 4.79 Å². The molecule has 0 aromatic heterocycles. The molecule has 1 fully saturated rings. The van der Waals surface area contributed by atoms with Crippen LogP contribution in [0.4, 0.5) is 5.69 Å². The van der Waals surface area contributed by atoms with E-state index in [9.17, 15) is 4.79 Å². The summed E-state index contributed by atoms with van der Waals surface area (Å²) in [6.07, 6.45) is 4.43. The van der Waals surface area contributed by atoms with Crippen LogP contribution in [0.1, 0.15) is 19.3 Å². The van der Waals surface area contributed by atoms with Crippen LogP contribution in [0.2, 0.25) is 0 Å². The Morgan fingerprint density at radius 3 is 2.53 bits per heavy atom. The van der Waals surface area contributed by atoms with E-state index < -0.39 is 0 Å². The minimum absolute atomic E-state index is 0.277. The number of hydrogen-bond donors (Lipinski definition) is 1. The summed E-state index contributed by atoms with van der Waals surface area (Å²) in [6.45, 7) is 0. The van der Waals surface area contributed by atoms with E-state index in [0.717, 1.165) is 28.6 Å². The Balaban J connectivity index is 2.03. The van der Waals surface area contributed by atoms with E-state index in [-0.39, 0.29) is 5.78 Å². The first-order valence-electron chi connectivity index (χ1n) is 5.00. The number of ketones is 1. The number of nitrogens with one attached hydrogen (secondary N) is 1. The summed E-state index contributed by atoms with van der Waals surface area (Å²) in [5.41, 5.74) is 1.92. The lowest BCUT2D eigenvalue weighted by atomic mass is 10.2. The second-order valence-electron chi connectivity index (χ2n) is 3.60. The Kier molecular flexibility index (Phi) is 3.21. The molecular weight excluding hydrogens is 254 g/mol. The molecule has 0 aliphatic heterocycles. The van der Waals surface area contributed by atoms with Crippen LogP contribution >= 0.6 is 15.9 Å². The number of hydrogen-bond acceptors (Lipinski definition) is 2. The zero-order valence-corrected chi connectivity index (χ0v) is 9.88. The van der Waals surface area contributed by atoms with Gasteiger partial charge in [-0.15, -0.1) is 0 Å². The van der Waals surface area contributed by atoms with Crippen molar-refractivity contribution in [1.82, 2.24) is 0 Å². The van der Waals surface area contributed by atoms with Gasteiger partial charge in [0.2, 0.25) is 0 Å². The largest absolute Gasteiger partial charge is 0.361 e. The minimum Gasteiger partial charge on any atom is -0.361 e. The third-order valence-corrected chi connectivity index (χ3v) is 2.99. The summed E-state index contributed by atoms with van der Waals surface area (Å²) in [7, 11) is 0. The van der Waals surface area contributed by atoms with Gasteiger partial charge in [-0.25, -0.2) is 0 Å². The van der Waals surface area contributed by atoms with Gasteiger partial charge in [0.25, 0.3) is 0 Å². The average Bonchev–Trinajstić information content (AvgIpc) is 2.63. The molecule has 2 rings (SSSR count). The molecular formula is C12H12BrNO. The van der Waals surface area contributed by atoms with Crippen molar-refractivity contribution >= 4 is 27.4 Å². The average molecular weight is 266 g/mol. The lowest BCUT2D eigenvalue weighted by molar-refractivity contribution is -0.114. The van der Waals surface area contributed by atoms with Gasteiger partial charge in [-0.3, -0.25) is 4.79 Å². The fourth-order valence-electron chi connectivity index (χ4n) is 1.61. The first-order valence-corrected chi connectivity index (χ1v) is 5.79. The molecule has 3 heteroatoms. The van der Waals surface area contributed by atoms with E-state index in [4.69, 9.17) is 0 Å². The fraction of sp³-hybridized carbons (Fsp3) is 0.250. The molecule has 1 aliphatic rings. The normalized spacial score (nSPS) is 18.5. The van der Waals surface area contributed by atoms with Crippen molar-refractivity contribution in [1.29, 1.82) is 0 Å². The summed E-state index contributed by atoms with van der Waals surface area (Å²) < 4.78 is 1.05. The Bertz CT molecular complexity index is 395. The molecule has 0 amide bonds. The number of benzene rings is 1. The Labute approximate surface area is 97.5 Å². The molecule has 0 saturated heterocycles. The first kappa shape index (κ1) is 10.4. The molecule has 1 saturated carbocycles. The van der Waals surface area contributed by atoms with Crippen molar-refractivity contribution < 1.29 is 4.79 Å². The highest BCUT2D eigenvalue weighted by Gasteiger charge is 2.16. The standard InChI is InChI=1S/C12H12BrNO/c13-10-4-6-11(7-5-10)14-8-9-2-1-3-12(9)15/h4-8,14H,1-3H2/b9-8-. The van der Waals surface area contributed by atoms with Crippen molar-refractivity contribution in [3.8, 4) is 0 Å². The van der Waals surface area contributed by atoms with Gasteiger partial charge in [0.1, 0.15) is 0 Å². The second kappa shape index (κ2) is 4.62. The van der Waals surface area contributed by atoms with Gasteiger partial charge >= 0.3 is 0 Å². The quantitative estimate of drug-likeness (QED) is 0.830. The third kappa shape index (κ3) is 2.69. The van der Waals surface area contributed by atoms with Crippen LogP contribution in [0.25, 0.3) is 0 Å². The van der Waals surface area contributed by atoms with Gasteiger partial charge in [-0.1, -0.05) is 15.9 Å². The first-order chi connectivity index (χ1) is 7.25. The summed E-state index contributed by atoms with van der Waals surface area (Å²) in [4.78, 5) is 11.3. The van der Waals surface area contributed by atoms with E-state index in [1.807, 2.05) is 30.5 Å². The molecule has 0 unspecified atom stereocenters. The van der Waals surface area contributed by atoms with Crippen LogP contribution in [0.3, 0.4) is 0 Å². The Morgan fingerprint density at radius 1 is 1.20 bits per heavy atom. The summed E-state index contributed by atoms with van der Waals surface area (Å²) in [6, 6.07) is 7.88. The zero-order valence-electron chi connectivity index (χ0n) is 8.29. The summed E-state index contributed by atoms with van der Waals surface area (Å²) in [5, 5.41) is 3.14. The lowest BCUT2D eigenvalue weighted by Gasteiger charge is -2.01. The maximum atomic E-state index is 11.3. The van der Waals surface area contributed by atoms with E-state index in [1.165, 1.54) is 0 Å². The number of halogens is 1. The monoisotopic (exact) mass is 265 g/mol. The minimum atomic E-state index is 0.277. The molecule has 1 aliphatic carbocycles. The van der Waals surface area contributed by atoms with E-state index in [0.29, 0.717) is 6.42 Å². The fourth-order valence-corrected chi connectivity index (χ4v) is 1.87. The summed E-state index contributed by atoms with van der Waals surface area (Å²) in [5.74, 6) is 0.277. The topological polar surface area (TPSA) is 29.1 Å². The van der Waals surface area contributed by atoms with E-state index in [2.05, 4.69) is 21.2 Å². The van der Waals surface area contributed by atoms with Crippen molar-refractivity contribution in [2.24, 2.45) is 0 Å². The molecule has 15 heavy (non-hydrogen) atoms. The van der Waals surface area contributed by atoms with Crippen molar-refractivity contribution in [2.75, 3.05) is 5.32 Å². The molecule has 0 atom stereocenters. The Morgan fingerprint density at radius 2 is 1.93 bits per heavy atom. The SMILES string of the molecule is O=C1CCC/C1=C/Nc1ccc(Br)cc1. The second-order valence-corrected chi connectivity index (χ2v) is 4.51. The van der Waals surface area contributed by atoms with Crippen LogP contribution < -0.4 is 5.32 Å². The third-order valence-electron chi connectivity index (χ3n) is 2.47. The number of anilines is 1. The van der Waals surface area contributed by atoms with Crippen molar-refractivity contribution in [2.45, 2.75) is 19.3 Å². The van der Waals surface area contributed by atoms with E-state index >= 15 is 0 Å². The molecule has 2 nitrogen and oxygen atoms in total. The highest BCUT2D eigenvalue weighted by molar-refractivity contribution is 9.10. The smallest absolute Gasteiger partial charge is 0.160 e. The van der Waals surface area contributed by atoms with Gasteiger partial charge in [0, 0.05) is 28.4 Å². The van der Waals surface area contributed by atoms with Gasteiger partial charge in [-0.2, -0.15) is 0 Å². The van der Waals surface area contributed by atoms with Crippen LogP contribution in [0.5, 0.6) is 0 Å². The molecule has 1 N–H and O–H groups in total. The molecule has 0 spiro atoms. The van der Waals surface area contributed by atoms with Gasteiger partial charge in [0.05, 0.1) is 0 Å². The lowest BCUT2D eigenvalue weighted by Crippen LogP contribution is -1.96. The van der Waals surface area contributed by atoms with Gasteiger partial charge < -0.3 is 5.32 Å². The van der Waals surface area contributed by atoms with E-state index in [1.54, 1.807) is 0 Å². The molecule has 0 bridgehead atoms. The number of carbonyl (C=O) groups is 1. The molecule has 1 aromatic carbocycles.